The van der Waals surface area contributed by atoms with E-state index in [1.165, 1.54) is 38.6 Å². The van der Waals surface area contributed by atoms with Crippen LogP contribution in [-0.2, 0) is 0 Å². The molecule has 0 aromatic rings. The molecule has 0 unspecified atom stereocenters. The van der Waals surface area contributed by atoms with Gasteiger partial charge in [-0.25, -0.2) is 0 Å². The van der Waals surface area contributed by atoms with Gasteiger partial charge in [-0.3, -0.25) is 0 Å². The van der Waals surface area contributed by atoms with Gasteiger partial charge in [0.2, 0.25) is 0 Å². The van der Waals surface area contributed by atoms with Crippen molar-refractivity contribution in [2.45, 2.75) is 39.0 Å². The molecule has 0 atom stereocenters. The third-order valence-electron chi connectivity index (χ3n) is 2.63. The lowest BCUT2D eigenvalue weighted by molar-refractivity contribution is 0.493. The lowest BCUT2D eigenvalue weighted by Gasteiger charge is -2.08. The van der Waals surface area contributed by atoms with Gasteiger partial charge in [0.25, 0.3) is 0 Å². The van der Waals surface area contributed by atoms with Crippen LogP contribution in [0.5, 0.6) is 0 Å². The van der Waals surface area contributed by atoms with E-state index < -0.39 is 0 Å². The highest BCUT2D eigenvalue weighted by Crippen LogP contribution is 2.23. The summed E-state index contributed by atoms with van der Waals surface area (Å²) in [6.45, 7) is 4.48. The molecule has 0 aliphatic heterocycles. The van der Waals surface area contributed by atoms with Crippen LogP contribution in [0.4, 0.5) is 0 Å². The van der Waals surface area contributed by atoms with Crippen molar-refractivity contribution in [2.75, 3.05) is 13.1 Å². The first-order chi connectivity index (χ1) is 5.93. The van der Waals surface area contributed by atoms with Gasteiger partial charge in [0.15, 0.2) is 0 Å². The lowest BCUT2D eigenvalue weighted by Crippen LogP contribution is -2.21. The van der Waals surface area contributed by atoms with Crippen molar-refractivity contribution >= 4 is 0 Å². The lowest BCUT2D eigenvalue weighted by atomic mass is 10.1. The first kappa shape index (κ1) is 9.79. The number of hydrogen-bond donors (Lipinski definition) is 1. The first-order valence-corrected chi connectivity index (χ1v) is 5.25. The molecule has 0 saturated heterocycles. The van der Waals surface area contributed by atoms with Crippen LogP contribution in [0.3, 0.4) is 0 Å². The van der Waals surface area contributed by atoms with Gasteiger partial charge >= 0.3 is 0 Å². The molecule has 0 bridgehead atoms. The van der Waals surface area contributed by atoms with Gasteiger partial charge in [-0.2, -0.15) is 0 Å². The van der Waals surface area contributed by atoms with Gasteiger partial charge in [-0.1, -0.05) is 25.0 Å². The summed E-state index contributed by atoms with van der Waals surface area (Å²) in [6, 6.07) is 0. The van der Waals surface area contributed by atoms with Crippen molar-refractivity contribution in [1.29, 1.82) is 0 Å². The van der Waals surface area contributed by atoms with E-state index in [-0.39, 0.29) is 0 Å². The highest BCUT2D eigenvalue weighted by molar-refractivity contribution is 4.78. The maximum Gasteiger partial charge on any atom is -0.00142 e. The highest BCUT2D eigenvalue weighted by atomic mass is 14.9. The molecule has 0 aromatic carbocycles. The Balaban J connectivity index is 1.87. The summed E-state index contributed by atoms with van der Waals surface area (Å²) < 4.78 is 0. The van der Waals surface area contributed by atoms with Crippen LogP contribution in [0.25, 0.3) is 0 Å². The fourth-order valence-electron chi connectivity index (χ4n) is 1.87. The monoisotopic (exact) mass is 167 g/mol. The molecule has 0 aromatic heterocycles. The Morgan fingerprint density at radius 3 is 2.75 bits per heavy atom. The highest BCUT2D eigenvalue weighted by Gasteiger charge is 2.13. The maximum absolute atomic E-state index is 3.51. The molecule has 1 heteroatoms. The average Bonchev–Trinajstić information content (AvgIpc) is 2.57. The van der Waals surface area contributed by atoms with Gasteiger partial charge in [0, 0.05) is 0 Å². The Kier molecular flexibility index (Phi) is 5.09. The summed E-state index contributed by atoms with van der Waals surface area (Å²) in [5, 5.41) is 3.51. The fraction of sp³-hybridized carbons (Fsp3) is 0.818. The van der Waals surface area contributed by atoms with Crippen LogP contribution >= 0.6 is 0 Å². The molecule has 0 radical (unpaired) electrons. The van der Waals surface area contributed by atoms with Crippen LogP contribution in [0.1, 0.15) is 39.0 Å². The quantitative estimate of drug-likeness (QED) is 0.490. The van der Waals surface area contributed by atoms with Crippen molar-refractivity contribution in [3.8, 4) is 0 Å². The van der Waals surface area contributed by atoms with Crippen LogP contribution < -0.4 is 5.32 Å². The van der Waals surface area contributed by atoms with Gasteiger partial charge in [-0.15, -0.1) is 0 Å². The minimum atomic E-state index is 0.982. The van der Waals surface area contributed by atoms with Crippen LogP contribution in [0.15, 0.2) is 12.2 Å². The maximum atomic E-state index is 3.51. The van der Waals surface area contributed by atoms with Crippen LogP contribution in [-0.4, -0.2) is 13.1 Å². The van der Waals surface area contributed by atoms with E-state index >= 15 is 0 Å². The molecule has 12 heavy (non-hydrogen) atoms. The number of nitrogens with one attached hydrogen (secondary N) is 1. The largest absolute Gasteiger partial charge is 0.316 e. The molecule has 1 aliphatic carbocycles. The van der Waals surface area contributed by atoms with Crippen LogP contribution in [0, 0.1) is 5.92 Å². The molecule has 0 spiro atoms. The summed E-state index contributed by atoms with van der Waals surface area (Å²) >= 11 is 0. The summed E-state index contributed by atoms with van der Waals surface area (Å²) in [5.41, 5.74) is 0. The molecule has 1 aliphatic rings. The smallest absolute Gasteiger partial charge is 0.00142 e. The summed E-state index contributed by atoms with van der Waals surface area (Å²) in [7, 11) is 0. The van der Waals surface area contributed by atoms with Gasteiger partial charge < -0.3 is 5.32 Å². The topological polar surface area (TPSA) is 12.0 Å². The van der Waals surface area contributed by atoms with E-state index in [1.54, 1.807) is 0 Å². The molecule has 1 fully saturated rings. The molecule has 0 heterocycles. The first-order valence-electron chi connectivity index (χ1n) is 5.25. The molecule has 1 rings (SSSR count). The minimum Gasteiger partial charge on any atom is -0.316 e. The van der Waals surface area contributed by atoms with Crippen LogP contribution in [0.2, 0.25) is 0 Å². The van der Waals surface area contributed by atoms with Crippen molar-refractivity contribution < 1.29 is 0 Å². The minimum absolute atomic E-state index is 0.982. The zero-order chi connectivity index (χ0) is 8.65. The molecule has 70 valence electrons. The zero-order valence-corrected chi connectivity index (χ0v) is 8.18. The van der Waals surface area contributed by atoms with Crippen molar-refractivity contribution in [3.05, 3.63) is 12.2 Å². The predicted octanol–water partition coefficient (Wildman–Crippen LogP) is 2.73. The Bertz CT molecular complexity index is 123. The normalized spacial score (nSPS) is 19.4. The van der Waals surface area contributed by atoms with E-state index in [4.69, 9.17) is 0 Å². The second-order valence-corrected chi connectivity index (χ2v) is 3.71. The average molecular weight is 167 g/mol. The van der Waals surface area contributed by atoms with E-state index in [1.807, 2.05) is 0 Å². The molecule has 0 amide bonds. The van der Waals surface area contributed by atoms with E-state index in [0.717, 1.165) is 12.5 Å². The molecule has 1 saturated carbocycles. The Hall–Kier alpha value is -0.300. The Labute approximate surface area is 76.2 Å². The second kappa shape index (κ2) is 6.24. The van der Waals surface area contributed by atoms with Crippen molar-refractivity contribution in [2.24, 2.45) is 5.92 Å². The summed E-state index contributed by atoms with van der Waals surface area (Å²) in [6.07, 6.45) is 11.4. The third-order valence-corrected chi connectivity index (χ3v) is 2.63. The third kappa shape index (κ3) is 3.91. The number of hydrogen-bond acceptors (Lipinski definition) is 1. The molecule has 1 N–H and O–H groups in total. The molecule has 1 nitrogen and oxygen atoms in total. The van der Waals surface area contributed by atoms with E-state index in [9.17, 15) is 0 Å². The Morgan fingerprint density at radius 1 is 1.33 bits per heavy atom. The molecular weight excluding hydrogens is 146 g/mol. The van der Waals surface area contributed by atoms with Gasteiger partial charge in [-0.05, 0) is 45.2 Å². The number of allylic oxidation sites excluding steroid dienone is 1. The van der Waals surface area contributed by atoms with E-state index in [0.29, 0.717) is 0 Å². The van der Waals surface area contributed by atoms with Crippen molar-refractivity contribution in [3.63, 3.8) is 0 Å². The van der Waals surface area contributed by atoms with Gasteiger partial charge in [0.1, 0.15) is 0 Å². The Morgan fingerprint density at radius 2 is 2.08 bits per heavy atom. The second-order valence-electron chi connectivity index (χ2n) is 3.71. The van der Waals surface area contributed by atoms with Crippen molar-refractivity contribution in [1.82, 2.24) is 5.32 Å². The summed E-state index contributed by atoms with van der Waals surface area (Å²) in [5.74, 6) is 0.982. The van der Waals surface area contributed by atoms with E-state index in [2.05, 4.69) is 24.4 Å². The SMILES string of the molecule is C/C=C/CCNCC1CCCC1. The molecular formula is C11H21N. The van der Waals surface area contributed by atoms with Gasteiger partial charge in [0.05, 0.1) is 0 Å². The standard InChI is InChI=1S/C11H21N/c1-2-3-6-9-12-10-11-7-4-5-8-11/h2-3,11-12H,4-10H2,1H3/b3-2+. The fourth-order valence-corrected chi connectivity index (χ4v) is 1.87. The number of rotatable bonds is 5. The summed E-state index contributed by atoms with van der Waals surface area (Å²) in [4.78, 5) is 0. The predicted molar refractivity (Wildman–Crippen MR) is 54.3 cm³/mol. The zero-order valence-electron chi connectivity index (χ0n) is 8.18.